The summed E-state index contributed by atoms with van der Waals surface area (Å²) >= 11 is 0. The molecule has 134 valence electrons. The summed E-state index contributed by atoms with van der Waals surface area (Å²) in [5, 5.41) is 4.62. The van der Waals surface area contributed by atoms with Crippen molar-refractivity contribution in [1.82, 2.24) is 4.90 Å². The van der Waals surface area contributed by atoms with Crippen LogP contribution < -0.4 is 9.88 Å². The van der Waals surface area contributed by atoms with Crippen molar-refractivity contribution in [3.63, 3.8) is 0 Å². The third-order valence-electron chi connectivity index (χ3n) is 4.36. The minimum absolute atomic E-state index is 0.00633. The molecule has 2 aromatic rings. The van der Waals surface area contributed by atoms with Gasteiger partial charge in [-0.15, -0.1) is 0 Å². The number of carbonyl (C=O) groups excluding carboxylic acids is 1. The molecule has 3 rings (SSSR count). The van der Waals surface area contributed by atoms with Gasteiger partial charge < -0.3 is 14.1 Å². The maximum Gasteiger partial charge on any atom is 0.289 e. The highest BCUT2D eigenvalue weighted by molar-refractivity contribution is 7.89. The van der Waals surface area contributed by atoms with Crippen LogP contribution in [0.5, 0.6) is 5.75 Å². The highest BCUT2D eigenvalue weighted by atomic mass is 32.2. The highest BCUT2D eigenvalue weighted by Crippen LogP contribution is 2.27. The number of furan rings is 1. The molecule has 1 aromatic heterocycles. The van der Waals surface area contributed by atoms with Crippen molar-refractivity contribution >= 4 is 15.9 Å². The summed E-state index contributed by atoms with van der Waals surface area (Å²) in [6.45, 7) is 0.601. The lowest BCUT2D eigenvalue weighted by Gasteiger charge is -2.24. The second-order valence-corrected chi connectivity index (χ2v) is 7.47. The minimum Gasteiger partial charge on any atom is -0.496 e. The molecule has 0 aliphatic carbocycles. The van der Waals surface area contributed by atoms with Crippen molar-refractivity contribution < 1.29 is 22.4 Å². The van der Waals surface area contributed by atoms with Gasteiger partial charge in [-0.05, 0) is 43.0 Å². The lowest BCUT2D eigenvalue weighted by atomic mass is 10.0. The number of hydrogen-bond acceptors (Lipinski definition) is 5. The second kappa shape index (κ2) is 6.89. The number of amides is 1. The molecular formula is C17H20N2O5S. The van der Waals surface area contributed by atoms with E-state index in [-0.39, 0.29) is 17.7 Å². The average Bonchev–Trinajstić information content (AvgIpc) is 3.24. The zero-order valence-corrected chi connectivity index (χ0v) is 14.7. The fourth-order valence-corrected chi connectivity index (χ4v) is 3.63. The number of likely N-dealkylation sites (tertiary alicyclic amines) is 1. The monoisotopic (exact) mass is 364 g/mol. The molecule has 1 aliphatic rings. The number of benzene rings is 1. The Hall–Kier alpha value is -2.32. The number of ether oxygens (including phenoxy) is 1. The summed E-state index contributed by atoms with van der Waals surface area (Å²) in [6, 6.07) is 10.3. The van der Waals surface area contributed by atoms with Gasteiger partial charge in [-0.2, -0.15) is 0 Å². The van der Waals surface area contributed by atoms with E-state index in [2.05, 4.69) is 0 Å². The molecular weight excluding hydrogens is 344 g/mol. The van der Waals surface area contributed by atoms with Gasteiger partial charge in [0, 0.05) is 12.6 Å². The number of hydrogen-bond donors (Lipinski definition) is 1. The van der Waals surface area contributed by atoms with Crippen LogP contribution in [0.3, 0.4) is 0 Å². The van der Waals surface area contributed by atoms with Gasteiger partial charge in [0.2, 0.25) is 5.09 Å². The van der Waals surface area contributed by atoms with E-state index >= 15 is 0 Å². The molecule has 0 spiro atoms. The Morgan fingerprint density at radius 1 is 1.32 bits per heavy atom. The quantitative estimate of drug-likeness (QED) is 0.871. The first-order chi connectivity index (χ1) is 11.9. The van der Waals surface area contributed by atoms with Gasteiger partial charge in [-0.3, -0.25) is 4.79 Å². The molecule has 2 N–H and O–H groups in total. The standard InChI is InChI=1S/C17H20N2O5S/c1-23-14-7-3-2-5-12(14)11-13-6-4-10-19(13)17(20)15-8-9-16(24-15)25(18,21)22/h2-3,5,7-9,13H,4,6,10-11H2,1H3,(H2,18,21,22). The number of nitrogens with two attached hydrogens (primary N) is 1. The van der Waals surface area contributed by atoms with Gasteiger partial charge in [-0.25, -0.2) is 13.6 Å². The molecule has 0 bridgehead atoms. The number of carbonyl (C=O) groups is 1. The van der Waals surface area contributed by atoms with Gasteiger partial charge in [0.15, 0.2) is 5.76 Å². The Morgan fingerprint density at radius 2 is 2.08 bits per heavy atom. The maximum atomic E-state index is 12.7. The zero-order chi connectivity index (χ0) is 18.0. The Kier molecular flexibility index (Phi) is 4.82. The van der Waals surface area contributed by atoms with E-state index in [1.165, 1.54) is 12.1 Å². The Balaban J connectivity index is 1.79. The van der Waals surface area contributed by atoms with E-state index in [1.807, 2.05) is 24.3 Å². The second-order valence-electron chi connectivity index (χ2n) is 5.97. The predicted octanol–water partition coefficient (Wildman–Crippen LogP) is 1.78. The van der Waals surface area contributed by atoms with E-state index in [4.69, 9.17) is 14.3 Å². The Labute approximate surface area is 146 Å². The lowest BCUT2D eigenvalue weighted by molar-refractivity contribution is 0.0698. The van der Waals surface area contributed by atoms with Crippen LogP contribution in [0, 0.1) is 0 Å². The average molecular weight is 364 g/mol. The number of sulfonamides is 1. The van der Waals surface area contributed by atoms with Crippen molar-refractivity contribution in [3.8, 4) is 5.75 Å². The number of para-hydroxylation sites is 1. The molecule has 1 atom stereocenters. The molecule has 1 aromatic carbocycles. The zero-order valence-electron chi connectivity index (χ0n) is 13.8. The molecule has 0 radical (unpaired) electrons. The van der Waals surface area contributed by atoms with E-state index in [0.717, 1.165) is 24.2 Å². The first-order valence-electron chi connectivity index (χ1n) is 7.95. The van der Waals surface area contributed by atoms with Crippen LogP contribution >= 0.6 is 0 Å². The molecule has 2 heterocycles. The van der Waals surface area contributed by atoms with Gasteiger partial charge in [0.1, 0.15) is 5.75 Å². The van der Waals surface area contributed by atoms with Crippen LogP contribution in [0.1, 0.15) is 29.0 Å². The predicted molar refractivity (Wildman–Crippen MR) is 90.8 cm³/mol. The summed E-state index contributed by atoms with van der Waals surface area (Å²) in [5.74, 6) is 0.444. The number of nitrogens with zero attached hydrogens (tertiary/aromatic N) is 1. The third kappa shape index (κ3) is 3.69. The largest absolute Gasteiger partial charge is 0.496 e. The summed E-state index contributed by atoms with van der Waals surface area (Å²) in [5.41, 5.74) is 1.03. The first kappa shape index (κ1) is 17.5. The molecule has 8 heteroatoms. The highest BCUT2D eigenvalue weighted by Gasteiger charge is 2.32. The molecule has 7 nitrogen and oxygen atoms in total. The smallest absolute Gasteiger partial charge is 0.289 e. The fraction of sp³-hybridized carbons (Fsp3) is 0.353. The summed E-state index contributed by atoms with van der Waals surface area (Å²) in [7, 11) is -2.34. The van der Waals surface area contributed by atoms with E-state index in [9.17, 15) is 13.2 Å². The molecule has 1 saturated heterocycles. The molecule has 1 amide bonds. The van der Waals surface area contributed by atoms with Crippen LogP contribution in [-0.2, 0) is 16.4 Å². The van der Waals surface area contributed by atoms with Crippen molar-refractivity contribution in [2.45, 2.75) is 30.4 Å². The lowest BCUT2D eigenvalue weighted by Crippen LogP contribution is -2.36. The van der Waals surface area contributed by atoms with Crippen LogP contribution in [0.4, 0.5) is 0 Å². The van der Waals surface area contributed by atoms with Gasteiger partial charge >= 0.3 is 0 Å². The third-order valence-corrected chi connectivity index (χ3v) is 5.14. The number of primary sulfonamides is 1. The van der Waals surface area contributed by atoms with Crippen molar-refractivity contribution in [2.24, 2.45) is 5.14 Å². The molecule has 1 fully saturated rings. The van der Waals surface area contributed by atoms with Gasteiger partial charge in [0.05, 0.1) is 7.11 Å². The van der Waals surface area contributed by atoms with Gasteiger partial charge in [0.25, 0.3) is 15.9 Å². The SMILES string of the molecule is COc1ccccc1CC1CCCN1C(=O)c1ccc(S(N)(=O)=O)o1. The van der Waals surface area contributed by atoms with Crippen LogP contribution in [0.15, 0.2) is 45.9 Å². The first-order valence-corrected chi connectivity index (χ1v) is 9.50. The van der Waals surface area contributed by atoms with Crippen molar-refractivity contribution in [3.05, 3.63) is 47.7 Å². The minimum atomic E-state index is -3.96. The van der Waals surface area contributed by atoms with Crippen LogP contribution in [0.25, 0.3) is 0 Å². The van der Waals surface area contributed by atoms with E-state index in [1.54, 1.807) is 12.0 Å². The normalized spacial score (nSPS) is 17.7. The summed E-state index contributed by atoms with van der Waals surface area (Å²) in [6.07, 6.45) is 2.42. The Bertz CT molecular complexity index is 875. The molecule has 1 aliphatic heterocycles. The Morgan fingerprint density at radius 3 is 2.76 bits per heavy atom. The maximum absolute atomic E-state index is 12.7. The summed E-state index contributed by atoms with van der Waals surface area (Å²) in [4.78, 5) is 14.4. The topological polar surface area (TPSA) is 103 Å². The molecule has 1 unspecified atom stereocenters. The van der Waals surface area contributed by atoms with Crippen LogP contribution in [0.2, 0.25) is 0 Å². The van der Waals surface area contributed by atoms with Crippen molar-refractivity contribution in [2.75, 3.05) is 13.7 Å². The summed E-state index contributed by atoms with van der Waals surface area (Å²) < 4.78 is 33.1. The van der Waals surface area contributed by atoms with Crippen LogP contribution in [-0.4, -0.2) is 38.9 Å². The van der Waals surface area contributed by atoms with Gasteiger partial charge in [-0.1, -0.05) is 18.2 Å². The van der Waals surface area contributed by atoms with E-state index in [0.29, 0.717) is 13.0 Å². The van der Waals surface area contributed by atoms with Crippen molar-refractivity contribution in [1.29, 1.82) is 0 Å². The number of methoxy groups -OCH3 is 1. The molecule has 0 saturated carbocycles. The van der Waals surface area contributed by atoms with E-state index < -0.39 is 15.1 Å². The molecule has 25 heavy (non-hydrogen) atoms. The number of rotatable bonds is 5. The fourth-order valence-electron chi connectivity index (χ4n) is 3.17.